The number of benzene rings is 3. The highest BCUT2D eigenvalue weighted by molar-refractivity contribution is 6.32. The molecule has 0 unspecified atom stereocenters. The molecule has 4 rings (SSSR count). The van der Waals surface area contributed by atoms with Crippen LogP contribution in [0, 0.1) is 0 Å². The number of carbonyl (C=O) groups excluding carboxylic acids is 3. The number of methoxy groups -OCH3 is 1. The molecule has 0 fully saturated rings. The van der Waals surface area contributed by atoms with Gasteiger partial charge in [-0.25, -0.2) is 0 Å². The van der Waals surface area contributed by atoms with Crippen LogP contribution < -0.4 is 10.1 Å². The zero-order valence-corrected chi connectivity index (χ0v) is 16.8. The Morgan fingerprint density at radius 3 is 2.30 bits per heavy atom. The van der Waals surface area contributed by atoms with Crippen molar-refractivity contribution in [2.75, 3.05) is 12.4 Å². The summed E-state index contributed by atoms with van der Waals surface area (Å²) in [6.45, 7) is 0.0851. The van der Waals surface area contributed by atoms with Crippen LogP contribution in [-0.4, -0.2) is 29.7 Å². The van der Waals surface area contributed by atoms with Crippen LogP contribution in [-0.2, 0) is 6.54 Å². The number of anilines is 1. The lowest BCUT2D eigenvalue weighted by atomic mass is 10.1. The molecule has 0 atom stereocenters. The third-order valence-corrected chi connectivity index (χ3v) is 5.11. The maximum atomic E-state index is 12.6. The summed E-state index contributed by atoms with van der Waals surface area (Å²) in [5.41, 5.74) is 2.39. The van der Waals surface area contributed by atoms with E-state index in [-0.39, 0.29) is 24.3 Å². The zero-order valence-electron chi connectivity index (χ0n) is 16.0. The van der Waals surface area contributed by atoms with E-state index in [0.29, 0.717) is 38.7 Å². The summed E-state index contributed by atoms with van der Waals surface area (Å²) in [6.07, 6.45) is 0. The van der Waals surface area contributed by atoms with Crippen molar-refractivity contribution >= 4 is 35.0 Å². The molecule has 1 aliphatic heterocycles. The van der Waals surface area contributed by atoms with Gasteiger partial charge in [0.05, 0.1) is 29.8 Å². The standard InChI is InChI=1S/C23H17ClN2O4/c1-30-20-10-9-16(12-19(20)24)25-21(27)15-6-4-5-14(11-15)13-26-22(28)17-7-2-3-8-18(17)23(26)29/h2-12H,13H2,1H3,(H,25,27). The quantitative estimate of drug-likeness (QED) is 0.621. The van der Waals surface area contributed by atoms with Gasteiger partial charge >= 0.3 is 0 Å². The molecule has 3 amide bonds. The fourth-order valence-corrected chi connectivity index (χ4v) is 3.58. The van der Waals surface area contributed by atoms with Gasteiger partial charge < -0.3 is 10.1 Å². The van der Waals surface area contributed by atoms with Gasteiger partial charge in [0, 0.05) is 11.3 Å². The highest BCUT2D eigenvalue weighted by Gasteiger charge is 2.34. The van der Waals surface area contributed by atoms with E-state index >= 15 is 0 Å². The van der Waals surface area contributed by atoms with Gasteiger partial charge in [-0.1, -0.05) is 35.9 Å². The summed E-state index contributed by atoms with van der Waals surface area (Å²) in [7, 11) is 1.51. The van der Waals surface area contributed by atoms with Gasteiger partial charge in [-0.2, -0.15) is 0 Å². The van der Waals surface area contributed by atoms with Crippen molar-refractivity contribution in [3.63, 3.8) is 0 Å². The lowest BCUT2D eigenvalue weighted by molar-refractivity contribution is 0.0642. The van der Waals surface area contributed by atoms with Crippen LogP contribution in [0.5, 0.6) is 5.75 Å². The molecule has 150 valence electrons. The largest absolute Gasteiger partial charge is 0.495 e. The van der Waals surface area contributed by atoms with E-state index in [1.54, 1.807) is 66.7 Å². The van der Waals surface area contributed by atoms with Crippen LogP contribution in [0.3, 0.4) is 0 Å². The Morgan fingerprint density at radius 2 is 1.67 bits per heavy atom. The molecular weight excluding hydrogens is 404 g/mol. The third kappa shape index (κ3) is 3.65. The lowest BCUT2D eigenvalue weighted by Crippen LogP contribution is -2.29. The average molecular weight is 421 g/mol. The molecule has 7 heteroatoms. The molecule has 6 nitrogen and oxygen atoms in total. The van der Waals surface area contributed by atoms with Crippen LogP contribution in [0.1, 0.15) is 36.6 Å². The number of imide groups is 1. The first kappa shape index (κ1) is 19.7. The van der Waals surface area contributed by atoms with Crippen molar-refractivity contribution in [3.05, 3.63) is 94.0 Å². The van der Waals surface area contributed by atoms with Gasteiger partial charge in [-0.05, 0) is 48.0 Å². The molecule has 0 saturated heterocycles. The summed E-state index contributed by atoms with van der Waals surface area (Å²) in [5, 5.41) is 3.16. The smallest absolute Gasteiger partial charge is 0.261 e. The Bertz CT molecular complexity index is 1140. The Kier molecular flexibility index (Phi) is 5.25. The number of halogens is 1. The van der Waals surface area contributed by atoms with Crippen molar-refractivity contribution in [3.8, 4) is 5.75 Å². The number of hydrogen-bond donors (Lipinski definition) is 1. The van der Waals surface area contributed by atoms with Crippen LogP contribution in [0.15, 0.2) is 66.7 Å². The van der Waals surface area contributed by atoms with E-state index in [2.05, 4.69) is 5.32 Å². The molecule has 3 aromatic carbocycles. The SMILES string of the molecule is COc1ccc(NC(=O)c2cccc(CN3C(=O)c4ccccc4C3=O)c2)cc1Cl. The molecule has 30 heavy (non-hydrogen) atoms. The Hall–Kier alpha value is -3.64. The first-order valence-corrected chi connectivity index (χ1v) is 9.55. The first-order chi connectivity index (χ1) is 14.5. The van der Waals surface area contributed by atoms with E-state index < -0.39 is 0 Å². The molecular formula is C23H17ClN2O4. The van der Waals surface area contributed by atoms with Crippen molar-refractivity contribution in [1.82, 2.24) is 4.90 Å². The molecule has 0 aliphatic carbocycles. The third-order valence-electron chi connectivity index (χ3n) is 4.82. The summed E-state index contributed by atoms with van der Waals surface area (Å²) in [4.78, 5) is 38.9. The number of fused-ring (bicyclic) bond motifs is 1. The number of hydrogen-bond acceptors (Lipinski definition) is 4. The van der Waals surface area contributed by atoms with Crippen molar-refractivity contribution in [2.45, 2.75) is 6.54 Å². The highest BCUT2D eigenvalue weighted by Crippen LogP contribution is 2.28. The van der Waals surface area contributed by atoms with Crippen molar-refractivity contribution in [2.24, 2.45) is 0 Å². The fourth-order valence-electron chi connectivity index (χ4n) is 3.32. The Morgan fingerprint density at radius 1 is 0.967 bits per heavy atom. The van der Waals surface area contributed by atoms with Gasteiger partial charge in [0.1, 0.15) is 5.75 Å². The molecule has 3 aromatic rings. The minimum atomic E-state index is -0.335. The van der Waals surface area contributed by atoms with Crippen molar-refractivity contribution in [1.29, 1.82) is 0 Å². The minimum Gasteiger partial charge on any atom is -0.495 e. The van der Waals surface area contributed by atoms with Gasteiger partial charge in [-0.15, -0.1) is 0 Å². The van der Waals surface area contributed by atoms with Gasteiger partial charge in [0.25, 0.3) is 17.7 Å². The maximum Gasteiger partial charge on any atom is 0.261 e. The summed E-state index contributed by atoms with van der Waals surface area (Å²) in [5.74, 6) is -0.491. The van der Waals surface area contributed by atoms with E-state index in [1.807, 2.05) is 0 Å². The van der Waals surface area contributed by atoms with Crippen LogP contribution in [0.4, 0.5) is 5.69 Å². The van der Waals surface area contributed by atoms with Crippen molar-refractivity contribution < 1.29 is 19.1 Å². The van der Waals surface area contributed by atoms with Crippen LogP contribution in [0.25, 0.3) is 0 Å². The molecule has 1 N–H and O–H groups in total. The maximum absolute atomic E-state index is 12.6. The minimum absolute atomic E-state index is 0.0851. The van der Waals surface area contributed by atoms with E-state index in [9.17, 15) is 14.4 Å². The summed E-state index contributed by atoms with van der Waals surface area (Å²) < 4.78 is 5.10. The number of rotatable bonds is 5. The second-order valence-corrected chi connectivity index (χ2v) is 7.15. The predicted octanol–water partition coefficient (Wildman–Crippen LogP) is 4.40. The Balaban J connectivity index is 1.51. The molecule has 0 aromatic heterocycles. The molecule has 0 saturated carbocycles. The number of nitrogens with one attached hydrogen (secondary N) is 1. The van der Waals surface area contributed by atoms with E-state index in [1.165, 1.54) is 12.0 Å². The summed E-state index contributed by atoms with van der Waals surface area (Å²) in [6, 6.07) is 18.5. The number of ether oxygens (including phenoxy) is 1. The second kappa shape index (κ2) is 8.00. The fraction of sp³-hybridized carbons (Fsp3) is 0.0870. The van der Waals surface area contributed by atoms with E-state index in [4.69, 9.17) is 16.3 Å². The van der Waals surface area contributed by atoms with Crippen LogP contribution in [0.2, 0.25) is 5.02 Å². The number of amides is 3. The first-order valence-electron chi connectivity index (χ1n) is 9.17. The summed E-state index contributed by atoms with van der Waals surface area (Å²) >= 11 is 6.10. The van der Waals surface area contributed by atoms with Gasteiger partial charge in [0.2, 0.25) is 0 Å². The van der Waals surface area contributed by atoms with Gasteiger partial charge in [0.15, 0.2) is 0 Å². The lowest BCUT2D eigenvalue weighted by Gasteiger charge is -2.14. The molecule has 1 heterocycles. The topological polar surface area (TPSA) is 75.7 Å². The van der Waals surface area contributed by atoms with Gasteiger partial charge in [-0.3, -0.25) is 19.3 Å². The van der Waals surface area contributed by atoms with E-state index in [0.717, 1.165) is 0 Å². The second-order valence-electron chi connectivity index (χ2n) is 6.75. The average Bonchev–Trinajstić information content (AvgIpc) is 2.99. The molecule has 0 spiro atoms. The molecule has 1 aliphatic rings. The highest BCUT2D eigenvalue weighted by atomic mass is 35.5. The molecule has 0 bridgehead atoms. The predicted molar refractivity (Wildman–Crippen MR) is 113 cm³/mol. The number of carbonyl (C=O) groups is 3. The normalized spacial score (nSPS) is 12.7. The Labute approximate surface area is 178 Å². The molecule has 0 radical (unpaired) electrons. The van der Waals surface area contributed by atoms with Crippen LogP contribution >= 0.6 is 11.6 Å². The number of nitrogens with zero attached hydrogens (tertiary/aromatic N) is 1. The zero-order chi connectivity index (χ0) is 21.3. The monoisotopic (exact) mass is 420 g/mol.